The summed E-state index contributed by atoms with van der Waals surface area (Å²) in [6, 6.07) is 7.50. The first kappa shape index (κ1) is 21.9. The van der Waals surface area contributed by atoms with Crippen LogP contribution in [0.3, 0.4) is 0 Å². The third-order valence-electron chi connectivity index (χ3n) is 6.15. The number of allylic oxidation sites excluding steroid dienone is 1. The van der Waals surface area contributed by atoms with Crippen LogP contribution in [-0.4, -0.2) is 35.2 Å². The fourth-order valence-electron chi connectivity index (χ4n) is 4.44. The van der Waals surface area contributed by atoms with E-state index in [-0.39, 0.29) is 23.7 Å². The summed E-state index contributed by atoms with van der Waals surface area (Å²) in [4.78, 5) is 27.8. The van der Waals surface area contributed by atoms with Gasteiger partial charge in [0.2, 0.25) is 11.8 Å². The minimum Gasteiger partial charge on any atom is -0.351 e. The van der Waals surface area contributed by atoms with Crippen molar-refractivity contribution in [2.75, 3.05) is 12.4 Å². The molecule has 0 saturated heterocycles. The lowest BCUT2D eigenvalue weighted by atomic mass is 9.96. The topological polar surface area (TPSA) is 49.4 Å². The van der Waals surface area contributed by atoms with Gasteiger partial charge in [-0.2, -0.15) is 0 Å². The lowest BCUT2D eigenvalue weighted by molar-refractivity contribution is -0.139. The van der Waals surface area contributed by atoms with Crippen molar-refractivity contribution < 1.29 is 9.59 Å². The molecule has 0 unspecified atom stereocenters. The second-order valence-electron chi connectivity index (χ2n) is 8.38. The van der Waals surface area contributed by atoms with E-state index in [1.807, 2.05) is 31.2 Å². The molecule has 1 atom stereocenters. The predicted molar refractivity (Wildman–Crippen MR) is 118 cm³/mol. The van der Waals surface area contributed by atoms with Crippen LogP contribution >= 0.6 is 11.6 Å². The Morgan fingerprint density at radius 1 is 1.14 bits per heavy atom. The molecule has 0 radical (unpaired) electrons. The normalized spacial score (nSPS) is 18.2. The molecule has 4 nitrogen and oxygen atoms in total. The highest BCUT2D eigenvalue weighted by molar-refractivity contribution is 6.27. The average Bonchev–Trinajstić information content (AvgIpc) is 3.25. The van der Waals surface area contributed by atoms with Crippen LogP contribution in [0.25, 0.3) is 0 Å². The smallest absolute Gasteiger partial charge is 0.247 e. The minimum atomic E-state index is -0.633. The molecule has 2 amide bonds. The fourth-order valence-corrected chi connectivity index (χ4v) is 4.60. The summed E-state index contributed by atoms with van der Waals surface area (Å²) < 4.78 is 0. The first-order chi connectivity index (χ1) is 14.1. The Hall–Kier alpha value is -1.81. The Balaban J connectivity index is 1.83. The molecular weight excluding hydrogens is 384 g/mol. The van der Waals surface area contributed by atoms with Crippen molar-refractivity contribution in [3.05, 3.63) is 47.0 Å². The highest BCUT2D eigenvalue weighted by atomic mass is 35.5. The summed E-state index contributed by atoms with van der Waals surface area (Å²) in [6.45, 7) is 2.54. The van der Waals surface area contributed by atoms with Gasteiger partial charge in [-0.05, 0) is 57.4 Å². The van der Waals surface area contributed by atoms with Crippen LogP contribution in [0.2, 0.25) is 0 Å². The molecule has 0 spiro atoms. The SMILES string of the molecule is Cc1ccc([C@@H](C(=O)NC2CCCC2)N(CCC2=CCCCC2)C(=O)CCl)cc1. The molecule has 5 heteroatoms. The van der Waals surface area contributed by atoms with Crippen molar-refractivity contribution in [1.82, 2.24) is 10.2 Å². The number of amides is 2. The Labute approximate surface area is 179 Å². The maximum absolute atomic E-state index is 13.3. The standard InChI is InChI=1S/C24H33ClN2O2/c1-18-11-13-20(14-12-18)23(24(29)26-21-9-5-6-10-21)27(22(28)17-25)16-15-19-7-3-2-4-8-19/h7,11-14,21,23H,2-6,8-10,15-17H2,1H3,(H,26,29)/t23-/m0/s1. The van der Waals surface area contributed by atoms with Crippen molar-refractivity contribution in [3.8, 4) is 0 Å². The van der Waals surface area contributed by atoms with E-state index in [0.29, 0.717) is 6.54 Å². The van der Waals surface area contributed by atoms with E-state index in [0.717, 1.165) is 56.1 Å². The summed E-state index contributed by atoms with van der Waals surface area (Å²) in [6.07, 6.45) is 12.1. The van der Waals surface area contributed by atoms with E-state index in [2.05, 4.69) is 11.4 Å². The predicted octanol–water partition coefficient (Wildman–Crippen LogP) is 5.05. The summed E-state index contributed by atoms with van der Waals surface area (Å²) in [5.41, 5.74) is 3.37. The zero-order valence-electron chi connectivity index (χ0n) is 17.5. The summed E-state index contributed by atoms with van der Waals surface area (Å²) in [5, 5.41) is 3.20. The summed E-state index contributed by atoms with van der Waals surface area (Å²) in [7, 11) is 0. The maximum atomic E-state index is 13.3. The Kier molecular flexibility index (Phi) is 8.17. The lowest BCUT2D eigenvalue weighted by Crippen LogP contribution is -2.47. The van der Waals surface area contributed by atoms with Gasteiger partial charge in [-0.3, -0.25) is 9.59 Å². The van der Waals surface area contributed by atoms with Gasteiger partial charge in [0.15, 0.2) is 0 Å². The van der Waals surface area contributed by atoms with Crippen LogP contribution in [0.15, 0.2) is 35.9 Å². The van der Waals surface area contributed by atoms with Gasteiger partial charge >= 0.3 is 0 Å². The molecular formula is C24H33ClN2O2. The van der Waals surface area contributed by atoms with Gasteiger partial charge in [-0.15, -0.1) is 11.6 Å². The molecule has 1 N–H and O–H groups in total. The molecule has 2 aliphatic carbocycles. The van der Waals surface area contributed by atoms with Crippen molar-refractivity contribution >= 4 is 23.4 Å². The molecule has 1 saturated carbocycles. The summed E-state index contributed by atoms with van der Waals surface area (Å²) >= 11 is 5.96. The van der Waals surface area contributed by atoms with Crippen molar-refractivity contribution in [1.29, 1.82) is 0 Å². The van der Waals surface area contributed by atoms with E-state index in [1.54, 1.807) is 4.90 Å². The number of aryl methyl sites for hydroxylation is 1. The first-order valence-electron chi connectivity index (χ1n) is 11.0. The molecule has 1 fully saturated rings. The van der Waals surface area contributed by atoms with E-state index in [1.165, 1.54) is 18.4 Å². The molecule has 1 aromatic rings. The van der Waals surface area contributed by atoms with Crippen molar-refractivity contribution in [2.24, 2.45) is 0 Å². The molecule has 0 bridgehead atoms. The van der Waals surface area contributed by atoms with E-state index in [4.69, 9.17) is 11.6 Å². The highest BCUT2D eigenvalue weighted by Crippen LogP contribution is 2.27. The Morgan fingerprint density at radius 3 is 2.48 bits per heavy atom. The largest absolute Gasteiger partial charge is 0.351 e. The number of alkyl halides is 1. The quantitative estimate of drug-likeness (QED) is 0.476. The Morgan fingerprint density at radius 2 is 1.86 bits per heavy atom. The van der Waals surface area contributed by atoms with Crippen LogP contribution < -0.4 is 5.32 Å². The van der Waals surface area contributed by atoms with Gasteiger partial charge in [-0.1, -0.05) is 54.3 Å². The zero-order valence-corrected chi connectivity index (χ0v) is 18.2. The maximum Gasteiger partial charge on any atom is 0.247 e. The number of nitrogens with one attached hydrogen (secondary N) is 1. The van der Waals surface area contributed by atoms with Gasteiger partial charge in [0.05, 0.1) is 0 Å². The van der Waals surface area contributed by atoms with Gasteiger partial charge < -0.3 is 10.2 Å². The van der Waals surface area contributed by atoms with E-state index >= 15 is 0 Å². The van der Waals surface area contributed by atoms with Crippen LogP contribution in [0, 0.1) is 6.92 Å². The highest BCUT2D eigenvalue weighted by Gasteiger charge is 2.32. The van der Waals surface area contributed by atoms with Gasteiger partial charge in [0.25, 0.3) is 0 Å². The molecule has 29 heavy (non-hydrogen) atoms. The van der Waals surface area contributed by atoms with Gasteiger partial charge in [0.1, 0.15) is 11.9 Å². The molecule has 2 aliphatic rings. The van der Waals surface area contributed by atoms with E-state index < -0.39 is 6.04 Å². The van der Waals surface area contributed by atoms with Crippen molar-refractivity contribution in [2.45, 2.75) is 76.8 Å². The number of benzene rings is 1. The van der Waals surface area contributed by atoms with Crippen LogP contribution in [0.4, 0.5) is 0 Å². The second-order valence-corrected chi connectivity index (χ2v) is 8.65. The van der Waals surface area contributed by atoms with Crippen LogP contribution in [-0.2, 0) is 9.59 Å². The first-order valence-corrected chi connectivity index (χ1v) is 11.5. The minimum absolute atomic E-state index is 0.0863. The molecule has 0 aromatic heterocycles. The molecule has 1 aromatic carbocycles. The lowest BCUT2D eigenvalue weighted by Gasteiger charge is -2.32. The molecule has 3 rings (SSSR count). The molecule has 158 valence electrons. The second kappa shape index (κ2) is 10.8. The van der Waals surface area contributed by atoms with E-state index in [9.17, 15) is 9.59 Å². The third-order valence-corrected chi connectivity index (χ3v) is 6.38. The van der Waals surface area contributed by atoms with Crippen LogP contribution in [0.5, 0.6) is 0 Å². The number of carbonyl (C=O) groups is 2. The van der Waals surface area contributed by atoms with Crippen molar-refractivity contribution in [3.63, 3.8) is 0 Å². The number of nitrogens with zero attached hydrogens (tertiary/aromatic N) is 1. The van der Waals surface area contributed by atoms with Gasteiger partial charge in [0, 0.05) is 12.6 Å². The fraction of sp³-hybridized carbons (Fsp3) is 0.583. The Bertz CT molecular complexity index is 723. The zero-order chi connectivity index (χ0) is 20.6. The number of carbonyl (C=O) groups excluding carboxylic acids is 2. The monoisotopic (exact) mass is 416 g/mol. The van der Waals surface area contributed by atoms with Crippen LogP contribution in [0.1, 0.15) is 75.0 Å². The number of hydrogen-bond donors (Lipinski definition) is 1. The summed E-state index contributed by atoms with van der Waals surface area (Å²) in [5.74, 6) is -0.384. The third kappa shape index (κ3) is 6.08. The number of halogens is 1. The number of hydrogen-bond acceptors (Lipinski definition) is 2. The molecule has 0 heterocycles. The molecule has 0 aliphatic heterocycles. The average molecular weight is 417 g/mol. The number of rotatable bonds is 8. The van der Waals surface area contributed by atoms with Gasteiger partial charge in [-0.25, -0.2) is 0 Å².